The van der Waals surface area contributed by atoms with Gasteiger partial charge in [0.15, 0.2) is 0 Å². The number of aryl methyl sites for hydroxylation is 1. The first-order valence-corrected chi connectivity index (χ1v) is 8.96. The number of hydrogen-bond acceptors (Lipinski definition) is 2. The molecule has 0 unspecified atom stereocenters. The third-order valence-corrected chi connectivity index (χ3v) is 4.69. The van der Waals surface area contributed by atoms with Gasteiger partial charge in [0.05, 0.1) is 5.92 Å². The molecule has 5 heteroatoms. The molecule has 2 aromatic rings. The molecule has 0 aromatic heterocycles. The Hall–Kier alpha value is -2.69. The van der Waals surface area contributed by atoms with Crippen molar-refractivity contribution in [3.8, 4) is 0 Å². The zero-order chi connectivity index (χ0) is 18.4. The van der Waals surface area contributed by atoms with Crippen LogP contribution in [0.3, 0.4) is 0 Å². The molecule has 1 N–H and O–H groups in total. The van der Waals surface area contributed by atoms with Gasteiger partial charge < -0.3 is 10.2 Å². The van der Waals surface area contributed by atoms with E-state index in [1.165, 1.54) is 11.6 Å². The first kappa shape index (κ1) is 18.1. The molecule has 1 atom stereocenters. The number of hydrogen-bond donors (Lipinski definition) is 1. The summed E-state index contributed by atoms with van der Waals surface area (Å²) in [5, 5.41) is 2.92. The zero-order valence-corrected chi connectivity index (χ0v) is 14.7. The number of benzene rings is 2. The molecule has 4 nitrogen and oxygen atoms in total. The molecular formula is C21H23FN2O2. The van der Waals surface area contributed by atoms with Crippen LogP contribution in [0.1, 0.15) is 24.0 Å². The molecule has 1 heterocycles. The minimum absolute atomic E-state index is 0.0950. The molecule has 26 heavy (non-hydrogen) atoms. The maximum absolute atomic E-state index is 13.8. The summed E-state index contributed by atoms with van der Waals surface area (Å²) in [6.45, 7) is 1.15. The highest BCUT2D eigenvalue weighted by atomic mass is 19.1. The maximum Gasteiger partial charge on any atom is 0.225 e. The normalized spacial score (nSPS) is 16.7. The van der Waals surface area contributed by atoms with Crippen molar-refractivity contribution in [3.05, 3.63) is 71.5 Å². The number of likely N-dealkylation sites (tertiary alicyclic amines) is 1. The first-order valence-electron chi connectivity index (χ1n) is 8.96. The third kappa shape index (κ3) is 4.69. The van der Waals surface area contributed by atoms with Crippen LogP contribution in [0.15, 0.2) is 54.6 Å². The van der Waals surface area contributed by atoms with E-state index in [-0.39, 0.29) is 36.5 Å². The van der Waals surface area contributed by atoms with Crippen molar-refractivity contribution < 1.29 is 14.0 Å². The van der Waals surface area contributed by atoms with E-state index in [1.54, 1.807) is 23.1 Å². The highest BCUT2D eigenvalue weighted by molar-refractivity contribution is 5.89. The Labute approximate surface area is 153 Å². The van der Waals surface area contributed by atoms with Crippen molar-refractivity contribution in [1.82, 2.24) is 10.2 Å². The lowest BCUT2D eigenvalue weighted by Crippen LogP contribution is -2.33. The van der Waals surface area contributed by atoms with Crippen LogP contribution in [0, 0.1) is 11.7 Å². The van der Waals surface area contributed by atoms with Crippen molar-refractivity contribution in [2.75, 3.05) is 13.1 Å². The predicted octanol–water partition coefficient (Wildman–Crippen LogP) is 2.92. The van der Waals surface area contributed by atoms with Crippen molar-refractivity contribution in [2.45, 2.75) is 25.8 Å². The summed E-state index contributed by atoms with van der Waals surface area (Å²) < 4.78 is 13.8. The van der Waals surface area contributed by atoms with Gasteiger partial charge in [-0.3, -0.25) is 9.59 Å². The first-order chi connectivity index (χ1) is 12.6. The summed E-state index contributed by atoms with van der Waals surface area (Å²) in [7, 11) is 0. The lowest BCUT2D eigenvalue weighted by molar-refractivity contribution is -0.129. The number of rotatable bonds is 7. The number of carbonyl (C=O) groups is 2. The SMILES string of the molecule is O=C(NCCCc1ccccc1)[C@H]1CC(=O)N(Cc2ccccc2F)C1. The van der Waals surface area contributed by atoms with Gasteiger partial charge in [-0.2, -0.15) is 0 Å². The minimum Gasteiger partial charge on any atom is -0.356 e. The Kier molecular flexibility index (Phi) is 6.00. The molecule has 0 spiro atoms. The van der Waals surface area contributed by atoms with Crippen molar-refractivity contribution in [1.29, 1.82) is 0 Å². The molecule has 0 bridgehead atoms. The molecule has 1 aliphatic rings. The van der Waals surface area contributed by atoms with E-state index in [0.717, 1.165) is 12.8 Å². The molecular weight excluding hydrogens is 331 g/mol. The molecule has 1 saturated heterocycles. The fourth-order valence-corrected chi connectivity index (χ4v) is 3.23. The predicted molar refractivity (Wildman–Crippen MR) is 97.7 cm³/mol. The summed E-state index contributed by atoms with van der Waals surface area (Å²) in [5.41, 5.74) is 1.72. The Balaban J connectivity index is 1.44. The van der Waals surface area contributed by atoms with E-state index in [9.17, 15) is 14.0 Å². The fraction of sp³-hybridized carbons (Fsp3) is 0.333. The van der Waals surface area contributed by atoms with E-state index < -0.39 is 0 Å². The van der Waals surface area contributed by atoms with Crippen LogP contribution in [0.25, 0.3) is 0 Å². The van der Waals surface area contributed by atoms with E-state index in [2.05, 4.69) is 17.4 Å². The number of carbonyl (C=O) groups excluding carboxylic acids is 2. The van der Waals surface area contributed by atoms with E-state index in [1.807, 2.05) is 18.2 Å². The summed E-state index contributed by atoms with van der Waals surface area (Å²) in [4.78, 5) is 26.0. The van der Waals surface area contributed by atoms with E-state index in [4.69, 9.17) is 0 Å². The highest BCUT2D eigenvalue weighted by Gasteiger charge is 2.34. The van der Waals surface area contributed by atoms with Crippen molar-refractivity contribution in [3.63, 3.8) is 0 Å². The maximum atomic E-state index is 13.8. The average Bonchev–Trinajstić information content (AvgIpc) is 3.02. The number of amides is 2. The molecule has 1 aliphatic heterocycles. The number of halogens is 1. The van der Waals surface area contributed by atoms with Gasteiger partial charge in [-0.05, 0) is 24.5 Å². The van der Waals surface area contributed by atoms with Crippen LogP contribution in [0.4, 0.5) is 4.39 Å². The molecule has 0 saturated carbocycles. The zero-order valence-electron chi connectivity index (χ0n) is 14.7. The minimum atomic E-state index is -0.356. The van der Waals surface area contributed by atoms with Crippen LogP contribution in [0.5, 0.6) is 0 Å². The quantitative estimate of drug-likeness (QED) is 0.777. The Bertz CT molecular complexity index is 764. The second-order valence-electron chi connectivity index (χ2n) is 6.65. The van der Waals surface area contributed by atoms with Gasteiger partial charge >= 0.3 is 0 Å². The summed E-state index contributed by atoms with van der Waals surface area (Å²) >= 11 is 0. The van der Waals surface area contributed by atoms with Crippen LogP contribution in [0.2, 0.25) is 0 Å². The van der Waals surface area contributed by atoms with Gasteiger partial charge in [-0.1, -0.05) is 48.5 Å². The molecule has 136 valence electrons. The van der Waals surface area contributed by atoms with Crippen LogP contribution >= 0.6 is 0 Å². The number of nitrogens with zero attached hydrogens (tertiary/aromatic N) is 1. The highest BCUT2D eigenvalue weighted by Crippen LogP contribution is 2.21. The lowest BCUT2D eigenvalue weighted by Gasteiger charge is -2.17. The van der Waals surface area contributed by atoms with Gasteiger partial charge in [0.25, 0.3) is 0 Å². The topological polar surface area (TPSA) is 49.4 Å². The van der Waals surface area contributed by atoms with Gasteiger partial charge in [0, 0.05) is 31.6 Å². The van der Waals surface area contributed by atoms with Crippen molar-refractivity contribution >= 4 is 11.8 Å². The second kappa shape index (κ2) is 8.61. The van der Waals surface area contributed by atoms with Crippen LogP contribution < -0.4 is 5.32 Å². The molecule has 2 amide bonds. The Morgan fingerprint density at radius 2 is 1.85 bits per heavy atom. The van der Waals surface area contributed by atoms with Gasteiger partial charge in [0.1, 0.15) is 5.82 Å². The molecule has 1 fully saturated rings. The fourth-order valence-electron chi connectivity index (χ4n) is 3.23. The molecule has 0 radical (unpaired) electrons. The Morgan fingerprint density at radius 1 is 1.12 bits per heavy atom. The smallest absolute Gasteiger partial charge is 0.225 e. The second-order valence-corrected chi connectivity index (χ2v) is 6.65. The van der Waals surface area contributed by atoms with Crippen LogP contribution in [-0.2, 0) is 22.6 Å². The third-order valence-electron chi connectivity index (χ3n) is 4.69. The standard InChI is InChI=1S/C21H23FN2O2/c22-19-11-5-4-10-17(19)14-24-15-18(13-20(24)25)21(26)23-12-6-9-16-7-2-1-3-8-16/h1-5,7-8,10-11,18H,6,9,12-15H2,(H,23,26)/t18-/m0/s1. The average molecular weight is 354 g/mol. The van der Waals surface area contributed by atoms with Gasteiger partial charge in [0.2, 0.25) is 11.8 Å². The summed E-state index contributed by atoms with van der Waals surface area (Å²) in [6.07, 6.45) is 1.96. The van der Waals surface area contributed by atoms with E-state index >= 15 is 0 Å². The van der Waals surface area contributed by atoms with E-state index in [0.29, 0.717) is 18.7 Å². The molecule has 3 rings (SSSR count). The molecule has 2 aromatic carbocycles. The Morgan fingerprint density at radius 3 is 2.62 bits per heavy atom. The molecule has 0 aliphatic carbocycles. The number of nitrogens with one attached hydrogen (secondary N) is 1. The lowest BCUT2D eigenvalue weighted by atomic mass is 10.1. The van der Waals surface area contributed by atoms with Gasteiger partial charge in [-0.15, -0.1) is 0 Å². The largest absolute Gasteiger partial charge is 0.356 e. The van der Waals surface area contributed by atoms with Crippen LogP contribution in [-0.4, -0.2) is 29.8 Å². The monoisotopic (exact) mass is 354 g/mol. The van der Waals surface area contributed by atoms with Crippen molar-refractivity contribution in [2.24, 2.45) is 5.92 Å². The summed E-state index contributed by atoms with van der Waals surface area (Å²) in [5.74, 6) is -0.875. The summed E-state index contributed by atoms with van der Waals surface area (Å²) in [6, 6.07) is 16.5. The van der Waals surface area contributed by atoms with Gasteiger partial charge in [-0.25, -0.2) is 4.39 Å².